The molecule has 6 aromatic rings. The third-order valence-electron chi connectivity index (χ3n) is 17.6. The van der Waals surface area contributed by atoms with Crippen LogP contribution < -0.4 is 21.3 Å². The Morgan fingerprint density at radius 1 is 0.383 bits per heavy atom. The molecule has 0 radical (unpaired) electrons. The standard InChI is InChI=1S/C19H23NO.C17H25N3O.C13H19NO.C11H21N3O.C10H21NO2.C8H18O.C7H15NO.2C5H12O.C5H12/c1-4-20-18(21)19(15(2)3,16-11-7-5-8-12-16)17-13-9-6-10-14-17;1-4-11-21-12-10-20-13-16(18-19-20)17(14(2)3)15-8-6-5-7-9-15;1-4-14-13(15)12(10(2)3)11-8-6-5-7-9-11;1-4-6-15-7-5-14-9-11(12-13-14)8-10(2)3;1-4-6-13-7-5-11-10(12)8-9(2)3;1-4-6-9-7-5-8(2)3;1-4-8-7(9)5-6(2)3;2*1-3-5-6-4-2;1-4-5(2)3/h5-15H,4H2,1-3H3,(H,20,21);5-9,13-14,17H,4,10-12H2,1-3H3;5-10,12H,4H2,1-3H3,(H,14,15);9-10H,4-8H2,1-3H3;9H,4-8H2,1-3H3,(H,11,12);8H,4-7H2,1-3H3;6H,4-5H2,1-3H3,(H,8,9);2*3-5H2,1-2H3;5H,4H2,1-3H3. The van der Waals surface area contributed by atoms with Crippen molar-refractivity contribution < 1.29 is 47.6 Å². The number of nitrogens with zero attached hydrogens (tertiary/aromatic N) is 6. The first-order valence-corrected chi connectivity index (χ1v) is 46.0. The Morgan fingerprint density at radius 2 is 0.767 bits per heavy atom. The highest BCUT2D eigenvalue weighted by Gasteiger charge is 2.44. The number of aromatic nitrogens is 6. The van der Waals surface area contributed by atoms with Crippen LogP contribution in [0.15, 0.2) is 134 Å². The van der Waals surface area contributed by atoms with E-state index < -0.39 is 5.41 Å². The van der Waals surface area contributed by atoms with E-state index >= 15 is 0 Å². The summed E-state index contributed by atoms with van der Waals surface area (Å²) in [4.78, 5) is 46.7. The van der Waals surface area contributed by atoms with Crippen LogP contribution in [0, 0.1) is 47.3 Å². The molecule has 120 heavy (non-hydrogen) atoms. The van der Waals surface area contributed by atoms with Gasteiger partial charge in [-0.05, 0) is 156 Å². The lowest BCUT2D eigenvalue weighted by molar-refractivity contribution is -0.127. The van der Waals surface area contributed by atoms with Gasteiger partial charge in [-0.3, -0.25) is 19.2 Å². The van der Waals surface area contributed by atoms with Crippen LogP contribution in [0.1, 0.15) is 304 Å². The molecular formula is C100H178N10O10. The number of nitrogens with one attached hydrogen (secondary N) is 4. The van der Waals surface area contributed by atoms with Gasteiger partial charge in [0, 0.05) is 117 Å². The highest BCUT2D eigenvalue weighted by molar-refractivity contribution is 5.92. The number of carbonyl (C=O) groups is 4. The monoisotopic (exact) mass is 1680 g/mol. The molecule has 4 N–H and O–H groups in total. The largest absolute Gasteiger partial charge is 0.382 e. The van der Waals surface area contributed by atoms with E-state index in [1.165, 1.54) is 18.4 Å². The molecule has 2 heterocycles. The van der Waals surface area contributed by atoms with Gasteiger partial charge in [0.1, 0.15) is 5.41 Å². The Hall–Kier alpha value is -7.20. The Morgan fingerprint density at radius 3 is 1.12 bits per heavy atom. The van der Waals surface area contributed by atoms with Gasteiger partial charge in [-0.25, -0.2) is 9.36 Å². The van der Waals surface area contributed by atoms with E-state index in [2.05, 4.69) is 198 Å². The lowest BCUT2D eigenvalue weighted by atomic mass is 9.66. The van der Waals surface area contributed by atoms with Crippen LogP contribution in [-0.2, 0) is 72.5 Å². The minimum absolute atomic E-state index is 0.0360. The Bertz CT molecular complexity index is 3150. The van der Waals surface area contributed by atoms with Crippen molar-refractivity contribution in [3.8, 4) is 0 Å². The van der Waals surface area contributed by atoms with Crippen LogP contribution in [0.3, 0.4) is 0 Å². The maximum absolute atomic E-state index is 13.0. The van der Waals surface area contributed by atoms with E-state index in [0.717, 1.165) is 171 Å². The predicted octanol–water partition coefficient (Wildman–Crippen LogP) is 21.8. The molecule has 0 aliphatic carbocycles. The van der Waals surface area contributed by atoms with Crippen molar-refractivity contribution in [2.75, 3.05) is 105 Å². The summed E-state index contributed by atoms with van der Waals surface area (Å²) < 4.78 is 35.1. The van der Waals surface area contributed by atoms with E-state index in [4.69, 9.17) is 28.4 Å². The first-order chi connectivity index (χ1) is 57.4. The fourth-order valence-corrected chi connectivity index (χ4v) is 11.5. The number of rotatable bonds is 46. The summed E-state index contributed by atoms with van der Waals surface area (Å²) in [7, 11) is 0. The van der Waals surface area contributed by atoms with Crippen molar-refractivity contribution in [3.05, 3.63) is 167 Å². The van der Waals surface area contributed by atoms with Crippen molar-refractivity contribution in [1.82, 2.24) is 51.3 Å². The number of carbonyl (C=O) groups excluding carboxylic acids is 4. The summed E-state index contributed by atoms with van der Waals surface area (Å²) in [5.74, 6) is 4.86. The molecule has 0 saturated carbocycles. The first kappa shape index (κ1) is 119. The van der Waals surface area contributed by atoms with E-state index in [1.54, 1.807) is 0 Å². The maximum Gasteiger partial charge on any atom is 0.235 e. The number of amides is 4. The van der Waals surface area contributed by atoms with Crippen molar-refractivity contribution in [3.63, 3.8) is 0 Å². The summed E-state index contributed by atoms with van der Waals surface area (Å²) in [6.07, 6.45) is 15.3. The summed E-state index contributed by atoms with van der Waals surface area (Å²) >= 11 is 0. The second-order valence-electron chi connectivity index (χ2n) is 32.5. The fourth-order valence-electron chi connectivity index (χ4n) is 11.5. The van der Waals surface area contributed by atoms with E-state index in [-0.39, 0.29) is 41.4 Å². The molecule has 0 saturated heterocycles. The minimum atomic E-state index is -0.654. The van der Waals surface area contributed by atoms with Crippen molar-refractivity contribution >= 4 is 23.6 Å². The molecule has 0 aliphatic heterocycles. The molecule has 4 aromatic carbocycles. The quantitative estimate of drug-likeness (QED) is 0.0260. The van der Waals surface area contributed by atoms with Gasteiger partial charge >= 0.3 is 0 Å². The van der Waals surface area contributed by atoms with E-state index in [0.29, 0.717) is 75.3 Å². The number of hydrogen-bond acceptors (Lipinski definition) is 14. The summed E-state index contributed by atoms with van der Waals surface area (Å²) in [6.45, 7) is 73.0. The van der Waals surface area contributed by atoms with E-state index in [9.17, 15) is 19.2 Å². The molecule has 0 fully saturated rings. The van der Waals surface area contributed by atoms with Crippen LogP contribution in [0.25, 0.3) is 0 Å². The number of ether oxygens (including phenoxy) is 6. The Labute approximate surface area is 733 Å². The van der Waals surface area contributed by atoms with Gasteiger partial charge in [-0.15, -0.1) is 10.2 Å². The first-order valence-electron chi connectivity index (χ1n) is 46.0. The zero-order valence-corrected chi connectivity index (χ0v) is 81.2. The minimum Gasteiger partial charge on any atom is -0.382 e. The topological polar surface area (TPSA) is 233 Å². The zero-order chi connectivity index (χ0) is 91.2. The molecule has 4 amide bonds. The molecule has 20 nitrogen and oxygen atoms in total. The van der Waals surface area contributed by atoms with Crippen LogP contribution >= 0.6 is 0 Å². The molecule has 2 unspecified atom stereocenters. The summed E-state index contributed by atoms with van der Waals surface area (Å²) in [5.41, 5.74) is 5.92. The van der Waals surface area contributed by atoms with Gasteiger partial charge in [0.05, 0.1) is 50.2 Å². The second kappa shape index (κ2) is 81.5. The number of likely N-dealkylation sites (N-methyl/N-ethyl adjacent to an activating group) is 2. The lowest BCUT2D eigenvalue weighted by Gasteiger charge is -2.37. The van der Waals surface area contributed by atoms with Crippen LogP contribution in [0.4, 0.5) is 0 Å². The molecule has 0 spiro atoms. The van der Waals surface area contributed by atoms with Crippen LogP contribution in [0.5, 0.6) is 0 Å². The van der Waals surface area contributed by atoms with Crippen molar-refractivity contribution in [2.24, 2.45) is 47.3 Å². The van der Waals surface area contributed by atoms with Gasteiger partial charge in [-0.2, -0.15) is 0 Å². The average molecular weight is 1680 g/mol. The molecule has 2 aromatic heterocycles. The number of benzene rings is 4. The molecule has 6 rings (SSSR count). The van der Waals surface area contributed by atoms with Gasteiger partial charge < -0.3 is 49.7 Å². The molecule has 20 heteroatoms. The summed E-state index contributed by atoms with van der Waals surface area (Å²) in [6, 6.07) is 40.6. The van der Waals surface area contributed by atoms with Gasteiger partial charge in [0.25, 0.3) is 0 Å². The average Bonchev–Trinajstić information content (AvgIpc) is 0.927. The van der Waals surface area contributed by atoms with Gasteiger partial charge in [0.2, 0.25) is 23.6 Å². The highest BCUT2D eigenvalue weighted by atomic mass is 16.5. The molecule has 688 valence electrons. The lowest BCUT2D eigenvalue weighted by Crippen LogP contribution is -2.49. The number of hydrogen-bond donors (Lipinski definition) is 4. The SMILES string of the molecule is CCC(C)C.CCCOCC.CCCOCC.CCCOCCC(C)C.CCCOCCNC(=O)CC(C)C.CCCOCCn1cc(C(c2ccccc2)C(C)C)nn1.CCCOCCn1cc(CC(C)C)nn1.CCNC(=O)C(c1ccccc1)(c1ccccc1)C(C)C.CCNC(=O)C(c1ccccc1)C(C)C.CCNC(=O)CC(C)C. The fraction of sp³-hybridized carbons (Fsp3) is 0.680. The van der Waals surface area contributed by atoms with E-state index in [1.807, 2.05) is 181 Å². The highest BCUT2D eigenvalue weighted by Crippen LogP contribution is 2.40. The van der Waals surface area contributed by atoms with Crippen molar-refractivity contribution in [2.45, 2.75) is 295 Å². The van der Waals surface area contributed by atoms with Gasteiger partial charge in [-0.1, -0.05) is 297 Å². The second-order valence-corrected chi connectivity index (χ2v) is 32.5. The maximum atomic E-state index is 13.0. The third kappa shape index (κ3) is 63.7. The van der Waals surface area contributed by atoms with Crippen LogP contribution in [0.2, 0.25) is 0 Å². The smallest absolute Gasteiger partial charge is 0.235 e. The molecule has 0 aliphatic rings. The molecular weight excluding hydrogens is 1500 g/mol. The van der Waals surface area contributed by atoms with Crippen molar-refractivity contribution in [1.29, 1.82) is 0 Å². The Kier molecular flexibility index (Phi) is 80.9. The Balaban J connectivity index is -0.000000643. The molecule has 2 atom stereocenters. The van der Waals surface area contributed by atoms with Crippen LogP contribution in [-0.4, -0.2) is 159 Å². The van der Waals surface area contributed by atoms with Gasteiger partial charge in [0.15, 0.2) is 0 Å². The normalized spacial score (nSPS) is 11.2. The predicted molar refractivity (Wildman–Crippen MR) is 505 cm³/mol. The molecule has 0 bridgehead atoms. The summed E-state index contributed by atoms with van der Waals surface area (Å²) in [5, 5.41) is 28.2. The zero-order valence-electron chi connectivity index (χ0n) is 81.2. The third-order valence-corrected chi connectivity index (χ3v) is 17.6.